The third kappa shape index (κ3) is 2.34. The van der Waals surface area contributed by atoms with Crippen LogP contribution in [0, 0.1) is 0 Å². The maximum atomic E-state index is 3.64. The number of hydrazine groups is 1. The monoisotopic (exact) mass is 209 g/mol. The second-order valence-corrected chi connectivity index (χ2v) is 5.69. The molecule has 86 valence electrons. The van der Waals surface area contributed by atoms with E-state index in [9.17, 15) is 0 Å². The van der Waals surface area contributed by atoms with Crippen molar-refractivity contribution in [1.82, 2.24) is 15.8 Å². The lowest BCUT2D eigenvalue weighted by atomic mass is 9.94. The van der Waals surface area contributed by atoms with E-state index in [4.69, 9.17) is 0 Å². The highest BCUT2D eigenvalue weighted by molar-refractivity contribution is 5.25. The lowest BCUT2D eigenvalue weighted by Gasteiger charge is -2.28. The van der Waals surface area contributed by atoms with Crippen LogP contribution in [0.5, 0.6) is 0 Å². The van der Waals surface area contributed by atoms with Gasteiger partial charge in [0.25, 0.3) is 0 Å². The first-order valence-electron chi connectivity index (χ1n) is 5.97. The zero-order chi connectivity index (χ0) is 11.1. The van der Waals surface area contributed by atoms with Gasteiger partial charge in [0.1, 0.15) is 0 Å². The predicted octanol–water partition coefficient (Wildman–Crippen LogP) is 1.98. The molecule has 1 atom stereocenters. The minimum Gasteiger partial charge on any atom is -0.314 e. The normalized spacial score (nSPS) is 27.2. The van der Waals surface area contributed by atoms with E-state index in [-0.39, 0.29) is 5.54 Å². The summed E-state index contributed by atoms with van der Waals surface area (Å²) in [6.45, 7) is 6.65. The Hall–Kier alpha value is -0.540. The van der Waals surface area contributed by atoms with Crippen molar-refractivity contribution in [2.24, 2.45) is 0 Å². The summed E-state index contributed by atoms with van der Waals surface area (Å²) in [5.74, 6) is 0. The zero-order valence-electron chi connectivity index (χ0n) is 10.4. The molecular formula is C12H23N3. The number of nitrogens with one attached hydrogen (secondary N) is 2. The van der Waals surface area contributed by atoms with Crippen LogP contribution in [0.4, 0.5) is 0 Å². The number of allylic oxidation sites excluding steroid dienone is 1. The molecule has 2 N–H and O–H groups in total. The predicted molar refractivity (Wildman–Crippen MR) is 63.1 cm³/mol. The fraction of sp³-hybridized carbons (Fsp3) is 0.833. The molecule has 1 heterocycles. The third-order valence-corrected chi connectivity index (χ3v) is 3.13. The van der Waals surface area contributed by atoms with Crippen LogP contribution in [-0.4, -0.2) is 23.8 Å². The summed E-state index contributed by atoms with van der Waals surface area (Å²) in [7, 11) is 2.13. The molecule has 0 bridgehead atoms. The van der Waals surface area contributed by atoms with E-state index in [0.717, 1.165) is 0 Å². The van der Waals surface area contributed by atoms with Gasteiger partial charge in [0.2, 0.25) is 0 Å². The highest BCUT2D eigenvalue weighted by atomic mass is 15.6. The van der Waals surface area contributed by atoms with Crippen molar-refractivity contribution in [2.75, 3.05) is 7.05 Å². The summed E-state index contributed by atoms with van der Waals surface area (Å²) >= 11 is 0. The van der Waals surface area contributed by atoms with Gasteiger partial charge in [0.15, 0.2) is 0 Å². The number of rotatable bonds is 1. The molecule has 0 fully saturated rings. The second-order valence-electron chi connectivity index (χ2n) is 5.69. The van der Waals surface area contributed by atoms with Gasteiger partial charge in [0.05, 0.1) is 6.17 Å². The van der Waals surface area contributed by atoms with E-state index in [1.54, 1.807) is 5.57 Å². The Balaban J connectivity index is 2.12. The molecular weight excluding hydrogens is 186 g/mol. The first-order valence-corrected chi connectivity index (χ1v) is 5.97. The molecule has 2 aliphatic rings. The first-order chi connectivity index (χ1) is 6.97. The average molecular weight is 209 g/mol. The minimum atomic E-state index is 0.165. The van der Waals surface area contributed by atoms with Gasteiger partial charge in [-0.1, -0.05) is 0 Å². The first kappa shape index (κ1) is 11.0. The molecule has 0 amide bonds. The topological polar surface area (TPSA) is 27.3 Å². The highest BCUT2D eigenvalue weighted by Crippen LogP contribution is 2.32. The van der Waals surface area contributed by atoms with Crippen molar-refractivity contribution in [3.8, 4) is 0 Å². The van der Waals surface area contributed by atoms with Crippen LogP contribution >= 0.6 is 0 Å². The van der Waals surface area contributed by atoms with E-state index >= 15 is 0 Å². The van der Waals surface area contributed by atoms with Crippen molar-refractivity contribution in [2.45, 2.75) is 58.2 Å². The van der Waals surface area contributed by atoms with Crippen LogP contribution in [0.15, 0.2) is 11.3 Å². The summed E-state index contributed by atoms with van der Waals surface area (Å²) in [4.78, 5) is 0. The Morgan fingerprint density at radius 3 is 2.60 bits per heavy atom. The fourth-order valence-electron chi connectivity index (χ4n) is 2.51. The van der Waals surface area contributed by atoms with E-state index < -0.39 is 0 Å². The molecule has 0 saturated heterocycles. The maximum absolute atomic E-state index is 3.64. The minimum absolute atomic E-state index is 0.165. The van der Waals surface area contributed by atoms with Crippen molar-refractivity contribution in [1.29, 1.82) is 0 Å². The van der Waals surface area contributed by atoms with Gasteiger partial charge < -0.3 is 5.01 Å². The second kappa shape index (κ2) is 3.80. The van der Waals surface area contributed by atoms with Crippen LogP contribution in [-0.2, 0) is 0 Å². The molecule has 0 aromatic carbocycles. The van der Waals surface area contributed by atoms with Crippen LogP contribution in [0.1, 0.15) is 46.5 Å². The van der Waals surface area contributed by atoms with Gasteiger partial charge in [-0.25, -0.2) is 5.43 Å². The molecule has 0 aromatic heterocycles. The third-order valence-electron chi connectivity index (χ3n) is 3.13. The summed E-state index contributed by atoms with van der Waals surface area (Å²) in [5.41, 5.74) is 6.76. The van der Waals surface area contributed by atoms with Crippen LogP contribution in [0.25, 0.3) is 0 Å². The molecule has 3 heteroatoms. The number of nitrogens with zero attached hydrogens (tertiary/aromatic N) is 1. The van der Waals surface area contributed by atoms with E-state index in [0.29, 0.717) is 6.17 Å². The SMILES string of the molecule is CN1NC(NC(C)(C)C)C2=C1CCCC2. The summed E-state index contributed by atoms with van der Waals surface area (Å²) in [6.07, 6.45) is 5.52. The van der Waals surface area contributed by atoms with Crippen molar-refractivity contribution >= 4 is 0 Å². The molecule has 1 unspecified atom stereocenters. The van der Waals surface area contributed by atoms with Crippen molar-refractivity contribution in [3.05, 3.63) is 11.3 Å². The Morgan fingerprint density at radius 2 is 1.93 bits per heavy atom. The van der Waals surface area contributed by atoms with E-state index in [1.165, 1.54) is 31.4 Å². The number of hydrogen-bond donors (Lipinski definition) is 2. The fourth-order valence-corrected chi connectivity index (χ4v) is 2.51. The Kier molecular flexibility index (Phi) is 2.77. The Morgan fingerprint density at radius 1 is 1.27 bits per heavy atom. The standard InChI is InChI=1S/C12H23N3/c1-12(2,3)13-11-9-7-5-6-8-10(9)15(4)14-11/h11,13-14H,5-8H2,1-4H3. The van der Waals surface area contributed by atoms with Crippen LogP contribution < -0.4 is 10.7 Å². The lowest BCUT2D eigenvalue weighted by Crippen LogP contribution is -2.51. The zero-order valence-corrected chi connectivity index (χ0v) is 10.4. The molecule has 0 aromatic rings. The van der Waals surface area contributed by atoms with Crippen molar-refractivity contribution < 1.29 is 0 Å². The van der Waals surface area contributed by atoms with E-state index in [1.807, 2.05) is 0 Å². The molecule has 0 radical (unpaired) electrons. The van der Waals surface area contributed by atoms with Crippen LogP contribution in [0.2, 0.25) is 0 Å². The van der Waals surface area contributed by atoms with E-state index in [2.05, 4.69) is 43.6 Å². The smallest absolute Gasteiger partial charge is 0.0993 e. The highest BCUT2D eigenvalue weighted by Gasteiger charge is 2.32. The molecule has 1 aliphatic carbocycles. The average Bonchev–Trinajstić information content (AvgIpc) is 2.42. The Bertz CT molecular complexity index is 275. The van der Waals surface area contributed by atoms with Gasteiger partial charge >= 0.3 is 0 Å². The van der Waals surface area contributed by atoms with Crippen LogP contribution in [0.3, 0.4) is 0 Å². The van der Waals surface area contributed by atoms with Gasteiger partial charge in [-0.15, -0.1) is 0 Å². The van der Waals surface area contributed by atoms with Gasteiger partial charge in [-0.2, -0.15) is 0 Å². The largest absolute Gasteiger partial charge is 0.314 e. The maximum Gasteiger partial charge on any atom is 0.0993 e. The van der Waals surface area contributed by atoms with Gasteiger partial charge in [-0.05, 0) is 52.0 Å². The van der Waals surface area contributed by atoms with Crippen molar-refractivity contribution in [3.63, 3.8) is 0 Å². The summed E-state index contributed by atoms with van der Waals surface area (Å²) < 4.78 is 0. The molecule has 3 nitrogen and oxygen atoms in total. The van der Waals surface area contributed by atoms with Gasteiger partial charge in [0, 0.05) is 18.3 Å². The molecule has 0 spiro atoms. The van der Waals surface area contributed by atoms with Gasteiger partial charge in [-0.3, -0.25) is 5.32 Å². The Labute approximate surface area is 92.9 Å². The number of hydrogen-bond acceptors (Lipinski definition) is 3. The molecule has 2 rings (SSSR count). The molecule has 0 saturated carbocycles. The lowest BCUT2D eigenvalue weighted by molar-refractivity contribution is 0.249. The molecule has 1 aliphatic heterocycles. The molecule has 15 heavy (non-hydrogen) atoms. The summed E-state index contributed by atoms with van der Waals surface area (Å²) in [5, 5.41) is 5.84. The quantitative estimate of drug-likeness (QED) is 0.691. The summed E-state index contributed by atoms with van der Waals surface area (Å²) in [6, 6.07) is 0.